The molecule has 0 aromatic heterocycles. The molecule has 1 fully saturated rings. The van der Waals surface area contributed by atoms with Crippen LogP contribution in [0.1, 0.15) is 16.7 Å². The fourth-order valence-corrected chi connectivity index (χ4v) is 3.78. The SMILES string of the molecule is O=C1NC(=O)N(c2cccc(Cl)c2)C(=O)/C1=C/c1ccc(Cc2cccc(F)c2)c(Cl)c1. The average molecular weight is 469 g/mol. The molecule has 0 saturated carbocycles. The molecule has 0 bridgehead atoms. The molecular weight excluding hydrogens is 454 g/mol. The standard InChI is InChI=1S/C24H15Cl2FN2O3/c25-17-4-2-6-19(13-17)29-23(31)20(22(30)28-24(29)32)11-15-7-8-16(21(26)12-15)9-14-3-1-5-18(27)10-14/h1-8,10-13H,9H2,(H,28,30,32)/b20-11+. The summed E-state index contributed by atoms with van der Waals surface area (Å²) in [6, 6.07) is 16.6. The summed E-state index contributed by atoms with van der Waals surface area (Å²) in [6.07, 6.45) is 1.78. The monoisotopic (exact) mass is 468 g/mol. The minimum absolute atomic E-state index is 0.224. The predicted molar refractivity (Wildman–Crippen MR) is 121 cm³/mol. The van der Waals surface area contributed by atoms with Gasteiger partial charge in [-0.25, -0.2) is 14.1 Å². The number of imide groups is 2. The third kappa shape index (κ3) is 4.56. The smallest absolute Gasteiger partial charge is 0.273 e. The number of hydrogen-bond donors (Lipinski definition) is 1. The number of nitrogens with one attached hydrogen (secondary N) is 1. The molecule has 1 N–H and O–H groups in total. The maximum Gasteiger partial charge on any atom is 0.335 e. The van der Waals surface area contributed by atoms with Gasteiger partial charge < -0.3 is 0 Å². The normalized spacial score (nSPS) is 15.3. The number of barbiturate groups is 1. The first kappa shape index (κ1) is 21.7. The van der Waals surface area contributed by atoms with Crippen LogP contribution in [0.15, 0.2) is 72.3 Å². The van der Waals surface area contributed by atoms with Gasteiger partial charge >= 0.3 is 6.03 Å². The molecule has 5 nitrogen and oxygen atoms in total. The summed E-state index contributed by atoms with van der Waals surface area (Å²) in [6.45, 7) is 0. The van der Waals surface area contributed by atoms with Crippen LogP contribution in [0.2, 0.25) is 10.0 Å². The summed E-state index contributed by atoms with van der Waals surface area (Å²) in [4.78, 5) is 38.4. The molecule has 160 valence electrons. The largest absolute Gasteiger partial charge is 0.335 e. The fourth-order valence-electron chi connectivity index (χ4n) is 3.34. The molecule has 4 amide bonds. The van der Waals surface area contributed by atoms with Crippen LogP contribution < -0.4 is 10.2 Å². The van der Waals surface area contributed by atoms with E-state index in [1.54, 1.807) is 42.5 Å². The highest BCUT2D eigenvalue weighted by molar-refractivity contribution is 6.39. The van der Waals surface area contributed by atoms with E-state index in [-0.39, 0.29) is 17.1 Å². The molecule has 32 heavy (non-hydrogen) atoms. The van der Waals surface area contributed by atoms with Gasteiger partial charge in [-0.15, -0.1) is 0 Å². The summed E-state index contributed by atoms with van der Waals surface area (Å²) in [7, 11) is 0. The van der Waals surface area contributed by atoms with Crippen LogP contribution in [0.25, 0.3) is 6.08 Å². The highest BCUT2D eigenvalue weighted by Gasteiger charge is 2.36. The van der Waals surface area contributed by atoms with Crippen molar-refractivity contribution >= 4 is 52.8 Å². The Labute approximate surface area is 193 Å². The number of amides is 4. The number of carbonyl (C=O) groups excluding carboxylic acids is 3. The Kier molecular flexibility index (Phi) is 6.08. The number of anilines is 1. The van der Waals surface area contributed by atoms with Crippen LogP contribution in [0, 0.1) is 5.82 Å². The Morgan fingerprint density at radius 2 is 1.72 bits per heavy atom. The Hall–Kier alpha value is -3.48. The minimum atomic E-state index is -0.858. The Morgan fingerprint density at radius 3 is 2.44 bits per heavy atom. The molecule has 0 atom stereocenters. The number of nitrogens with zero attached hydrogens (tertiary/aromatic N) is 1. The van der Waals surface area contributed by atoms with Crippen molar-refractivity contribution in [3.63, 3.8) is 0 Å². The number of benzene rings is 3. The lowest BCUT2D eigenvalue weighted by atomic mass is 10.0. The molecule has 1 heterocycles. The average Bonchev–Trinajstić information content (AvgIpc) is 2.73. The zero-order chi connectivity index (χ0) is 22.8. The first-order valence-electron chi connectivity index (χ1n) is 9.52. The topological polar surface area (TPSA) is 66.5 Å². The summed E-state index contributed by atoms with van der Waals surface area (Å²) >= 11 is 12.4. The molecule has 1 saturated heterocycles. The van der Waals surface area contributed by atoms with E-state index in [9.17, 15) is 18.8 Å². The lowest BCUT2D eigenvalue weighted by Crippen LogP contribution is -2.54. The molecule has 1 aliphatic heterocycles. The lowest BCUT2D eigenvalue weighted by Gasteiger charge is -2.26. The molecular formula is C24H15Cl2FN2O3. The Balaban J connectivity index is 1.63. The van der Waals surface area contributed by atoms with E-state index >= 15 is 0 Å². The summed E-state index contributed by atoms with van der Waals surface area (Å²) in [5.74, 6) is -1.92. The maximum atomic E-state index is 13.4. The second kappa shape index (κ2) is 8.94. The molecule has 0 unspecified atom stereocenters. The minimum Gasteiger partial charge on any atom is -0.273 e. The second-order valence-electron chi connectivity index (χ2n) is 7.10. The second-order valence-corrected chi connectivity index (χ2v) is 7.94. The van der Waals surface area contributed by atoms with E-state index < -0.39 is 17.8 Å². The summed E-state index contributed by atoms with van der Waals surface area (Å²) in [5.41, 5.74) is 2.03. The van der Waals surface area contributed by atoms with Gasteiger partial charge in [-0.2, -0.15) is 0 Å². The summed E-state index contributed by atoms with van der Waals surface area (Å²) < 4.78 is 13.4. The number of urea groups is 1. The third-order valence-corrected chi connectivity index (χ3v) is 5.43. The van der Waals surface area contributed by atoms with Gasteiger partial charge in [-0.05, 0) is 65.6 Å². The highest BCUT2D eigenvalue weighted by atomic mass is 35.5. The Bertz CT molecular complexity index is 1290. The van der Waals surface area contributed by atoms with Gasteiger partial charge in [-0.3, -0.25) is 14.9 Å². The number of carbonyl (C=O) groups is 3. The molecule has 1 aliphatic rings. The van der Waals surface area contributed by atoms with E-state index in [0.717, 1.165) is 16.0 Å². The van der Waals surface area contributed by atoms with E-state index in [2.05, 4.69) is 5.32 Å². The van der Waals surface area contributed by atoms with E-state index in [4.69, 9.17) is 23.2 Å². The predicted octanol–water partition coefficient (Wildman–Crippen LogP) is 5.39. The van der Waals surface area contributed by atoms with Crippen LogP contribution >= 0.6 is 23.2 Å². The van der Waals surface area contributed by atoms with Gasteiger partial charge in [0.2, 0.25) is 0 Å². The van der Waals surface area contributed by atoms with Crippen molar-refractivity contribution in [2.75, 3.05) is 4.90 Å². The lowest BCUT2D eigenvalue weighted by molar-refractivity contribution is -0.122. The van der Waals surface area contributed by atoms with Crippen molar-refractivity contribution in [1.29, 1.82) is 0 Å². The maximum absolute atomic E-state index is 13.4. The van der Waals surface area contributed by atoms with Crippen molar-refractivity contribution in [1.82, 2.24) is 5.32 Å². The van der Waals surface area contributed by atoms with Crippen LogP contribution in [-0.4, -0.2) is 17.8 Å². The van der Waals surface area contributed by atoms with Crippen LogP contribution in [0.3, 0.4) is 0 Å². The van der Waals surface area contributed by atoms with Crippen LogP contribution in [0.4, 0.5) is 14.9 Å². The zero-order valence-corrected chi connectivity index (χ0v) is 18.0. The van der Waals surface area contributed by atoms with E-state index in [1.165, 1.54) is 30.3 Å². The quantitative estimate of drug-likeness (QED) is 0.412. The molecule has 3 aromatic rings. The Morgan fingerprint density at radius 1 is 0.938 bits per heavy atom. The summed E-state index contributed by atoms with van der Waals surface area (Å²) in [5, 5.41) is 2.90. The molecule has 3 aromatic carbocycles. The van der Waals surface area contributed by atoms with Gasteiger partial charge in [0, 0.05) is 10.0 Å². The highest BCUT2D eigenvalue weighted by Crippen LogP contribution is 2.26. The van der Waals surface area contributed by atoms with Crippen molar-refractivity contribution in [2.45, 2.75) is 6.42 Å². The molecule has 8 heteroatoms. The van der Waals surface area contributed by atoms with Gasteiger partial charge in [0.25, 0.3) is 11.8 Å². The van der Waals surface area contributed by atoms with Gasteiger partial charge in [0.15, 0.2) is 0 Å². The van der Waals surface area contributed by atoms with Gasteiger partial charge in [0.05, 0.1) is 5.69 Å². The molecule has 0 spiro atoms. The number of rotatable bonds is 4. The van der Waals surface area contributed by atoms with Crippen molar-refractivity contribution in [3.05, 3.63) is 105 Å². The molecule has 0 radical (unpaired) electrons. The van der Waals surface area contributed by atoms with Gasteiger partial charge in [0.1, 0.15) is 11.4 Å². The van der Waals surface area contributed by atoms with Crippen molar-refractivity contribution in [3.8, 4) is 0 Å². The van der Waals surface area contributed by atoms with Crippen LogP contribution in [-0.2, 0) is 16.0 Å². The van der Waals surface area contributed by atoms with Gasteiger partial charge in [-0.1, -0.05) is 53.5 Å². The number of hydrogen-bond acceptors (Lipinski definition) is 3. The first-order chi connectivity index (χ1) is 15.3. The molecule has 4 rings (SSSR count). The van der Waals surface area contributed by atoms with Crippen molar-refractivity contribution in [2.24, 2.45) is 0 Å². The zero-order valence-electron chi connectivity index (χ0n) is 16.4. The number of halogens is 3. The third-order valence-electron chi connectivity index (χ3n) is 4.84. The fraction of sp³-hybridized carbons (Fsp3) is 0.0417. The van der Waals surface area contributed by atoms with E-state index in [1.807, 2.05) is 0 Å². The molecule has 0 aliphatic carbocycles. The first-order valence-corrected chi connectivity index (χ1v) is 10.3. The van der Waals surface area contributed by atoms with Crippen LogP contribution in [0.5, 0.6) is 0 Å². The van der Waals surface area contributed by atoms with E-state index in [0.29, 0.717) is 22.0 Å². The van der Waals surface area contributed by atoms with Crippen molar-refractivity contribution < 1.29 is 18.8 Å².